The Labute approximate surface area is 87.6 Å². The Bertz CT molecular complexity index is 167. The molecule has 1 aliphatic carbocycles. The Morgan fingerprint density at radius 1 is 1.50 bits per heavy atom. The summed E-state index contributed by atoms with van der Waals surface area (Å²) < 4.78 is 5.02. The highest BCUT2D eigenvalue weighted by atomic mass is 16.5. The summed E-state index contributed by atoms with van der Waals surface area (Å²) in [5.41, 5.74) is 6.27. The Morgan fingerprint density at radius 3 is 2.64 bits per heavy atom. The number of nitrogens with zero attached hydrogens (tertiary/aromatic N) is 1. The van der Waals surface area contributed by atoms with Gasteiger partial charge >= 0.3 is 0 Å². The first-order valence-electron chi connectivity index (χ1n) is 5.52. The number of nitrogens with two attached hydrogens (primary N) is 1. The van der Waals surface area contributed by atoms with E-state index in [0.717, 1.165) is 32.0 Å². The summed E-state index contributed by atoms with van der Waals surface area (Å²) in [5.74, 6) is 0.757. The van der Waals surface area contributed by atoms with Crippen LogP contribution in [0, 0.1) is 5.92 Å². The van der Waals surface area contributed by atoms with Gasteiger partial charge in [-0.2, -0.15) is 0 Å². The molecule has 0 aromatic heterocycles. The van der Waals surface area contributed by atoms with Crippen molar-refractivity contribution in [3.63, 3.8) is 0 Å². The first-order chi connectivity index (χ1) is 6.56. The van der Waals surface area contributed by atoms with E-state index >= 15 is 0 Å². The highest BCUT2D eigenvalue weighted by molar-refractivity contribution is 4.96. The standard InChI is InChI=1S/C11H24N2O/c1-11(12,10-5-6-10)9-13(2)7-4-8-14-3/h10H,4-9,12H2,1-3H3. The molecule has 0 aromatic carbocycles. The van der Waals surface area contributed by atoms with Gasteiger partial charge in [0, 0.05) is 32.3 Å². The van der Waals surface area contributed by atoms with E-state index in [9.17, 15) is 0 Å². The van der Waals surface area contributed by atoms with Crippen LogP contribution in [-0.4, -0.2) is 44.3 Å². The normalized spacial score (nSPS) is 21.2. The Morgan fingerprint density at radius 2 is 2.14 bits per heavy atom. The lowest BCUT2D eigenvalue weighted by atomic mass is 9.97. The molecule has 0 radical (unpaired) electrons. The Kier molecular flexibility index (Phi) is 4.35. The molecular weight excluding hydrogens is 176 g/mol. The van der Waals surface area contributed by atoms with Crippen molar-refractivity contribution in [3.05, 3.63) is 0 Å². The Balaban J connectivity index is 2.14. The third-order valence-corrected chi connectivity index (χ3v) is 3.01. The van der Waals surface area contributed by atoms with E-state index < -0.39 is 0 Å². The zero-order valence-electron chi connectivity index (χ0n) is 9.75. The molecule has 2 N–H and O–H groups in total. The summed E-state index contributed by atoms with van der Waals surface area (Å²) in [6.07, 6.45) is 3.73. The average molecular weight is 200 g/mol. The molecule has 3 nitrogen and oxygen atoms in total. The average Bonchev–Trinajstić information content (AvgIpc) is 2.85. The largest absolute Gasteiger partial charge is 0.385 e. The second kappa shape index (κ2) is 5.10. The van der Waals surface area contributed by atoms with Crippen molar-refractivity contribution in [1.29, 1.82) is 0 Å². The summed E-state index contributed by atoms with van der Waals surface area (Å²) >= 11 is 0. The Hall–Kier alpha value is -0.120. The maximum atomic E-state index is 6.25. The lowest BCUT2D eigenvalue weighted by molar-refractivity contribution is 0.168. The number of rotatable bonds is 7. The van der Waals surface area contributed by atoms with Gasteiger partial charge in [-0.25, -0.2) is 0 Å². The third kappa shape index (κ3) is 3.95. The van der Waals surface area contributed by atoms with Crippen molar-refractivity contribution in [2.75, 3.05) is 33.9 Å². The molecule has 1 unspecified atom stereocenters. The van der Waals surface area contributed by atoms with Gasteiger partial charge in [-0.05, 0) is 39.2 Å². The van der Waals surface area contributed by atoms with Gasteiger partial charge in [0.2, 0.25) is 0 Å². The van der Waals surface area contributed by atoms with Crippen LogP contribution < -0.4 is 5.73 Å². The maximum Gasteiger partial charge on any atom is 0.0474 e. The molecule has 3 heteroatoms. The smallest absolute Gasteiger partial charge is 0.0474 e. The topological polar surface area (TPSA) is 38.5 Å². The molecule has 1 rings (SSSR count). The summed E-state index contributed by atoms with van der Waals surface area (Å²) in [6.45, 7) is 5.10. The predicted molar refractivity (Wildman–Crippen MR) is 59.3 cm³/mol. The fourth-order valence-corrected chi connectivity index (χ4v) is 2.01. The minimum Gasteiger partial charge on any atom is -0.385 e. The van der Waals surface area contributed by atoms with Crippen LogP contribution in [-0.2, 0) is 4.74 Å². The molecular formula is C11H24N2O. The van der Waals surface area contributed by atoms with Crippen LogP contribution in [0.4, 0.5) is 0 Å². The van der Waals surface area contributed by atoms with Gasteiger partial charge in [-0.15, -0.1) is 0 Å². The highest BCUT2D eigenvalue weighted by Gasteiger charge is 2.38. The summed E-state index contributed by atoms with van der Waals surface area (Å²) in [5, 5.41) is 0. The number of hydrogen-bond acceptors (Lipinski definition) is 3. The van der Waals surface area contributed by atoms with Crippen LogP contribution in [0.5, 0.6) is 0 Å². The van der Waals surface area contributed by atoms with Gasteiger partial charge in [-0.1, -0.05) is 0 Å². The first kappa shape index (κ1) is 12.0. The van der Waals surface area contributed by atoms with E-state index in [1.807, 2.05) is 0 Å². The van der Waals surface area contributed by atoms with Crippen LogP contribution in [0.3, 0.4) is 0 Å². The zero-order chi connectivity index (χ0) is 10.6. The fraction of sp³-hybridized carbons (Fsp3) is 1.00. The van der Waals surface area contributed by atoms with Crippen LogP contribution in [0.15, 0.2) is 0 Å². The van der Waals surface area contributed by atoms with Crippen LogP contribution in [0.25, 0.3) is 0 Å². The molecule has 1 fully saturated rings. The summed E-state index contributed by atoms with van der Waals surface area (Å²) in [6, 6.07) is 0. The highest BCUT2D eigenvalue weighted by Crippen LogP contribution is 2.38. The van der Waals surface area contributed by atoms with Gasteiger partial charge in [-0.3, -0.25) is 0 Å². The van der Waals surface area contributed by atoms with Crippen LogP contribution in [0.2, 0.25) is 0 Å². The van der Waals surface area contributed by atoms with Crippen molar-refractivity contribution >= 4 is 0 Å². The van der Waals surface area contributed by atoms with Crippen molar-refractivity contribution in [2.45, 2.75) is 31.7 Å². The van der Waals surface area contributed by atoms with Crippen molar-refractivity contribution in [2.24, 2.45) is 11.7 Å². The predicted octanol–water partition coefficient (Wildman–Crippen LogP) is 1.08. The van der Waals surface area contributed by atoms with E-state index in [2.05, 4.69) is 18.9 Å². The molecule has 0 saturated heterocycles. The van der Waals surface area contributed by atoms with E-state index in [4.69, 9.17) is 10.5 Å². The second-order valence-corrected chi connectivity index (χ2v) is 4.86. The summed E-state index contributed by atoms with van der Waals surface area (Å²) in [4.78, 5) is 2.32. The zero-order valence-corrected chi connectivity index (χ0v) is 9.75. The molecule has 1 aliphatic rings. The molecule has 84 valence electrons. The lowest BCUT2D eigenvalue weighted by Gasteiger charge is -2.30. The van der Waals surface area contributed by atoms with Crippen molar-refractivity contribution in [1.82, 2.24) is 4.90 Å². The maximum absolute atomic E-state index is 6.25. The lowest BCUT2D eigenvalue weighted by Crippen LogP contribution is -2.48. The molecule has 1 atom stereocenters. The van der Waals surface area contributed by atoms with Gasteiger partial charge in [0.05, 0.1) is 0 Å². The molecule has 14 heavy (non-hydrogen) atoms. The van der Waals surface area contributed by atoms with Gasteiger partial charge < -0.3 is 15.4 Å². The molecule has 0 aliphatic heterocycles. The molecule has 0 aromatic rings. The van der Waals surface area contributed by atoms with E-state index in [0.29, 0.717) is 0 Å². The fourth-order valence-electron chi connectivity index (χ4n) is 2.01. The van der Waals surface area contributed by atoms with E-state index in [-0.39, 0.29) is 5.54 Å². The van der Waals surface area contributed by atoms with Crippen LogP contribution in [0.1, 0.15) is 26.2 Å². The minimum atomic E-state index is 0.0157. The number of ether oxygens (including phenoxy) is 1. The van der Waals surface area contributed by atoms with E-state index in [1.165, 1.54) is 12.8 Å². The molecule has 1 saturated carbocycles. The second-order valence-electron chi connectivity index (χ2n) is 4.86. The van der Waals surface area contributed by atoms with Crippen molar-refractivity contribution < 1.29 is 4.74 Å². The number of methoxy groups -OCH3 is 1. The third-order valence-electron chi connectivity index (χ3n) is 3.01. The SMILES string of the molecule is COCCCN(C)CC(C)(N)C1CC1. The summed E-state index contributed by atoms with van der Waals surface area (Å²) in [7, 11) is 3.89. The molecule has 0 bridgehead atoms. The van der Waals surface area contributed by atoms with E-state index in [1.54, 1.807) is 7.11 Å². The van der Waals surface area contributed by atoms with Crippen LogP contribution >= 0.6 is 0 Å². The molecule has 0 spiro atoms. The van der Waals surface area contributed by atoms with Gasteiger partial charge in [0.15, 0.2) is 0 Å². The monoisotopic (exact) mass is 200 g/mol. The first-order valence-corrected chi connectivity index (χ1v) is 5.52. The van der Waals surface area contributed by atoms with Gasteiger partial charge in [0.25, 0.3) is 0 Å². The minimum absolute atomic E-state index is 0.0157. The number of likely N-dealkylation sites (N-methyl/N-ethyl adjacent to an activating group) is 1. The molecule has 0 amide bonds. The number of hydrogen-bond donors (Lipinski definition) is 1. The molecule has 0 heterocycles. The van der Waals surface area contributed by atoms with Gasteiger partial charge in [0.1, 0.15) is 0 Å². The van der Waals surface area contributed by atoms with Crippen molar-refractivity contribution in [3.8, 4) is 0 Å². The quantitative estimate of drug-likeness (QED) is 0.625.